The van der Waals surface area contributed by atoms with Crippen LogP contribution in [0.2, 0.25) is 0 Å². The summed E-state index contributed by atoms with van der Waals surface area (Å²) >= 11 is 0. The monoisotopic (exact) mass is 400 g/mol. The molecule has 1 N–H and O–H groups in total. The summed E-state index contributed by atoms with van der Waals surface area (Å²) in [5, 5.41) is 10.5. The van der Waals surface area contributed by atoms with Gasteiger partial charge in [0.2, 0.25) is 0 Å². The number of fused-ring (bicyclic) bond motifs is 7. The van der Waals surface area contributed by atoms with Crippen LogP contribution in [-0.4, -0.2) is 11.7 Å². The smallest absolute Gasteiger partial charge is 0.0490 e. The lowest BCUT2D eigenvalue weighted by molar-refractivity contribution is -0.231. The summed E-state index contributed by atoms with van der Waals surface area (Å²) in [6.07, 6.45) is 14.1. The fourth-order valence-corrected chi connectivity index (χ4v) is 11.2. The van der Waals surface area contributed by atoms with Crippen LogP contribution >= 0.6 is 0 Å². The van der Waals surface area contributed by atoms with E-state index in [9.17, 15) is 5.11 Å². The quantitative estimate of drug-likeness (QED) is 0.488. The van der Waals surface area contributed by atoms with Crippen molar-refractivity contribution in [1.29, 1.82) is 0 Å². The van der Waals surface area contributed by atoms with E-state index in [0.717, 1.165) is 41.4 Å². The fourth-order valence-electron chi connectivity index (χ4n) is 11.2. The molecule has 1 heteroatoms. The molecule has 0 amide bonds. The summed E-state index contributed by atoms with van der Waals surface area (Å²) in [5.74, 6) is 6.16. The maximum Gasteiger partial charge on any atom is 0.0490 e. The predicted octanol–water partition coefficient (Wildman–Crippen LogP) is 7.33. The van der Waals surface area contributed by atoms with Gasteiger partial charge >= 0.3 is 0 Å². The van der Waals surface area contributed by atoms with Gasteiger partial charge in [-0.3, -0.25) is 0 Å². The van der Waals surface area contributed by atoms with Gasteiger partial charge in [0.15, 0.2) is 0 Å². The Bertz CT molecular complexity index is 657. The molecule has 0 radical (unpaired) electrons. The molecule has 10 unspecified atom stereocenters. The Morgan fingerprint density at radius 1 is 0.759 bits per heavy atom. The van der Waals surface area contributed by atoms with Gasteiger partial charge in [-0.15, -0.1) is 0 Å². The summed E-state index contributed by atoms with van der Waals surface area (Å²) in [7, 11) is 0. The maximum absolute atomic E-state index is 10.5. The van der Waals surface area contributed by atoms with E-state index in [0.29, 0.717) is 22.9 Å². The normalized spacial score (nSPS) is 62.0. The summed E-state index contributed by atoms with van der Waals surface area (Å²) in [4.78, 5) is 0. The molecule has 5 aliphatic carbocycles. The zero-order valence-corrected chi connectivity index (χ0v) is 20.3. The Kier molecular flexibility index (Phi) is 4.66. The number of hydrogen-bond donors (Lipinski definition) is 1. The lowest BCUT2D eigenvalue weighted by Crippen LogP contribution is -2.64. The average Bonchev–Trinajstić information content (AvgIpc) is 3.02. The topological polar surface area (TPSA) is 20.2 Å². The second kappa shape index (κ2) is 6.49. The minimum absolute atomic E-state index is 0.267. The molecule has 5 rings (SSSR count). The van der Waals surface area contributed by atoms with E-state index < -0.39 is 0 Å². The van der Waals surface area contributed by atoms with E-state index in [-0.39, 0.29) is 5.41 Å². The molecule has 11 atom stereocenters. The van der Waals surface area contributed by atoms with E-state index in [1.165, 1.54) is 64.2 Å². The third-order valence-electron chi connectivity index (χ3n) is 13.1. The Labute approximate surface area is 180 Å². The van der Waals surface area contributed by atoms with Crippen LogP contribution in [-0.2, 0) is 0 Å². The molecular formula is C28H48O. The molecule has 0 aromatic rings. The Morgan fingerprint density at radius 2 is 1.52 bits per heavy atom. The molecule has 29 heavy (non-hydrogen) atoms. The minimum Gasteiger partial charge on any atom is -0.396 e. The van der Waals surface area contributed by atoms with E-state index in [1.807, 2.05) is 0 Å². The van der Waals surface area contributed by atoms with Crippen LogP contribution in [0, 0.1) is 63.1 Å². The van der Waals surface area contributed by atoms with Crippen LogP contribution in [0.15, 0.2) is 0 Å². The number of rotatable bonds is 1. The van der Waals surface area contributed by atoms with Crippen LogP contribution in [0.3, 0.4) is 0 Å². The summed E-state index contributed by atoms with van der Waals surface area (Å²) in [6, 6.07) is 0. The SMILES string of the molecule is CC1CC2C3CCC4C5(C)CCC(C)C(C)C5CCC4(C)[C@]3(C)CCC2(CO)C1. The summed E-state index contributed by atoms with van der Waals surface area (Å²) in [5.41, 5.74) is 1.84. The molecule has 1 nitrogen and oxygen atoms in total. The van der Waals surface area contributed by atoms with Gasteiger partial charge in [-0.1, -0.05) is 41.5 Å². The minimum atomic E-state index is 0.267. The second-order valence-corrected chi connectivity index (χ2v) is 13.8. The van der Waals surface area contributed by atoms with Gasteiger partial charge in [-0.2, -0.15) is 0 Å². The molecule has 5 fully saturated rings. The van der Waals surface area contributed by atoms with E-state index in [2.05, 4.69) is 41.5 Å². The highest BCUT2D eigenvalue weighted by Gasteiger charge is 2.69. The molecule has 0 saturated heterocycles. The molecule has 0 heterocycles. The van der Waals surface area contributed by atoms with Crippen molar-refractivity contribution in [2.45, 2.75) is 106 Å². The molecule has 0 aromatic heterocycles. The molecule has 0 spiro atoms. The Morgan fingerprint density at radius 3 is 2.24 bits per heavy atom. The van der Waals surface area contributed by atoms with Crippen molar-refractivity contribution < 1.29 is 5.11 Å². The molecule has 0 aliphatic heterocycles. The molecule has 5 aliphatic rings. The van der Waals surface area contributed by atoms with Gasteiger partial charge < -0.3 is 5.11 Å². The maximum atomic E-state index is 10.5. The Hall–Kier alpha value is -0.0400. The number of hydrogen-bond acceptors (Lipinski definition) is 1. The van der Waals surface area contributed by atoms with Crippen LogP contribution in [0.1, 0.15) is 106 Å². The van der Waals surface area contributed by atoms with Crippen LogP contribution < -0.4 is 0 Å². The van der Waals surface area contributed by atoms with Crippen LogP contribution in [0.25, 0.3) is 0 Å². The third-order valence-corrected chi connectivity index (χ3v) is 13.1. The molecule has 5 saturated carbocycles. The van der Waals surface area contributed by atoms with E-state index in [4.69, 9.17) is 0 Å². The molecule has 0 aromatic carbocycles. The molecule has 166 valence electrons. The van der Waals surface area contributed by atoms with Crippen molar-refractivity contribution in [3.05, 3.63) is 0 Å². The highest BCUT2D eigenvalue weighted by Crippen LogP contribution is 2.76. The number of aliphatic hydroxyl groups excluding tert-OH is 1. The largest absolute Gasteiger partial charge is 0.396 e. The summed E-state index contributed by atoms with van der Waals surface area (Å²) in [6.45, 7) is 16.2. The standard InChI is InChI=1S/C28H48O/c1-18-15-23-22-7-8-24-25(4)11-9-19(2)20(3)21(25)10-12-27(24,6)26(22,5)13-14-28(23,16-18)17-29/h18-24,29H,7-17H2,1-6H3/t18?,19?,20?,21?,22?,23?,24?,25?,26-,27?,28?/m1/s1. The molecular weight excluding hydrogens is 352 g/mol. The molecule has 0 bridgehead atoms. The lowest BCUT2D eigenvalue weighted by atomic mass is 9.33. The van der Waals surface area contributed by atoms with E-state index >= 15 is 0 Å². The first kappa shape index (κ1) is 20.8. The predicted molar refractivity (Wildman–Crippen MR) is 121 cm³/mol. The van der Waals surface area contributed by atoms with Gasteiger partial charge in [-0.25, -0.2) is 0 Å². The fraction of sp³-hybridized carbons (Fsp3) is 1.00. The van der Waals surface area contributed by atoms with Crippen molar-refractivity contribution in [3.8, 4) is 0 Å². The highest BCUT2D eigenvalue weighted by atomic mass is 16.3. The second-order valence-electron chi connectivity index (χ2n) is 13.8. The zero-order chi connectivity index (χ0) is 20.8. The van der Waals surface area contributed by atoms with Crippen molar-refractivity contribution >= 4 is 0 Å². The van der Waals surface area contributed by atoms with Gasteiger partial charge in [0.25, 0.3) is 0 Å². The van der Waals surface area contributed by atoms with Crippen molar-refractivity contribution in [2.24, 2.45) is 63.1 Å². The van der Waals surface area contributed by atoms with Crippen molar-refractivity contribution in [3.63, 3.8) is 0 Å². The summed E-state index contributed by atoms with van der Waals surface area (Å²) < 4.78 is 0. The van der Waals surface area contributed by atoms with Gasteiger partial charge in [0.05, 0.1) is 0 Å². The van der Waals surface area contributed by atoms with Gasteiger partial charge in [0, 0.05) is 6.61 Å². The lowest BCUT2D eigenvalue weighted by Gasteiger charge is -2.71. The first-order valence-electron chi connectivity index (χ1n) is 13.2. The first-order chi connectivity index (χ1) is 13.6. The third kappa shape index (κ3) is 2.49. The number of aliphatic hydroxyl groups is 1. The van der Waals surface area contributed by atoms with E-state index in [1.54, 1.807) is 0 Å². The van der Waals surface area contributed by atoms with Crippen LogP contribution in [0.4, 0.5) is 0 Å². The highest BCUT2D eigenvalue weighted by molar-refractivity contribution is 5.17. The zero-order valence-electron chi connectivity index (χ0n) is 20.3. The van der Waals surface area contributed by atoms with Gasteiger partial charge in [-0.05, 0) is 127 Å². The Balaban J connectivity index is 1.51. The van der Waals surface area contributed by atoms with Gasteiger partial charge in [0.1, 0.15) is 0 Å². The average molecular weight is 401 g/mol. The van der Waals surface area contributed by atoms with Crippen molar-refractivity contribution in [2.75, 3.05) is 6.61 Å². The van der Waals surface area contributed by atoms with Crippen molar-refractivity contribution in [1.82, 2.24) is 0 Å². The van der Waals surface area contributed by atoms with Crippen LogP contribution in [0.5, 0.6) is 0 Å². The first-order valence-corrected chi connectivity index (χ1v) is 13.2.